The number of likely N-dealkylation sites (N-methyl/N-ethyl adjacent to an activating group) is 1. The van der Waals surface area contributed by atoms with Crippen LogP contribution in [0.4, 0.5) is 18.9 Å². The quantitative estimate of drug-likeness (QED) is 0.870. The van der Waals surface area contributed by atoms with Crippen molar-refractivity contribution in [2.45, 2.75) is 25.9 Å². The summed E-state index contributed by atoms with van der Waals surface area (Å²) < 4.78 is 37.1. The molecule has 0 fully saturated rings. The highest BCUT2D eigenvalue weighted by atomic mass is 19.4. The number of nitrogens with one attached hydrogen (secondary N) is 1. The van der Waals surface area contributed by atoms with Gasteiger partial charge in [0.15, 0.2) is 0 Å². The normalized spacial score (nSPS) is 11.2. The van der Waals surface area contributed by atoms with Crippen LogP contribution < -0.4 is 5.32 Å². The highest BCUT2D eigenvalue weighted by molar-refractivity contribution is 5.80. The smallest absolute Gasteiger partial charge is 0.376 e. The van der Waals surface area contributed by atoms with E-state index in [1.807, 2.05) is 6.92 Å². The molecule has 0 atom stereocenters. The third kappa shape index (κ3) is 5.11. The molecule has 0 radical (unpaired) electrons. The molecule has 0 saturated heterocycles. The lowest BCUT2D eigenvalue weighted by Crippen LogP contribution is -2.32. The molecule has 0 spiro atoms. The zero-order valence-electron chi connectivity index (χ0n) is 11.6. The molecule has 1 aromatic carbocycles. The molecule has 0 saturated carbocycles. The van der Waals surface area contributed by atoms with Crippen molar-refractivity contribution in [3.63, 3.8) is 0 Å². The van der Waals surface area contributed by atoms with Gasteiger partial charge in [0, 0.05) is 19.3 Å². The van der Waals surface area contributed by atoms with Crippen molar-refractivity contribution in [3.05, 3.63) is 29.8 Å². The summed E-state index contributed by atoms with van der Waals surface area (Å²) in [4.78, 5) is 13.3. The highest BCUT2D eigenvalue weighted by Gasteiger charge is 2.29. The van der Waals surface area contributed by atoms with E-state index in [1.54, 1.807) is 11.9 Å². The molecule has 112 valence electrons. The summed E-state index contributed by atoms with van der Waals surface area (Å²) >= 11 is 0. The van der Waals surface area contributed by atoms with Crippen LogP contribution in [0.25, 0.3) is 0 Å². The van der Waals surface area contributed by atoms with Gasteiger partial charge >= 0.3 is 6.18 Å². The third-order valence-corrected chi connectivity index (χ3v) is 2.93. The van der Waals surface area contributed by atoms with Gasteiger partial charge in [0.05, 0.1) is 12.1 Å². The molecule has 6 heteroatoms. The van der Waals surface area contributed by atoms with Gasteiger partial charge in [-0.3, -0.25) is 4.79 Å². The van der Waals surface area contributed by atoms with E-state index in [2.05, 4.69) is 5.32 Å². The lowest BCUT2D eigenvalue weighted by Gasteiger charge is -2.17. The molecule has 0 aliphatic heterocycles. The Morgan fingerprint density at radius 1 is 1.25 bits per heavy atom. The first-order valence-electron chi connectivity index (χ1n) is 6.49. The molecular weight excluding hydrogens is 269 g/mol. The Balaban J connectivity index is 2.48. The molecule has 0 unspecified atom stereocenters. The van der Waals surface area contributed by atoms with Gasteiger partial charge in [-0.2, -0.15) is 13.2 Å². The number of benzene rings is 1. The summed E-state index contributed by atoms with van der Waals surface area (Å²) in [5.74, 6) is -0.0849. The fourth-order valence-electron chi connectivity index (χ4n) is 1.61. The largest absolute Gasteiger partial charge is 0.416 e. The Morgan fingerprint density at radius 2 is 1.85 bits per heavy atom. The van der Waals surface area contributed by atoms with Crippen molar-refractivity contribution in [2.75, 3.05) is 25.5 Å². The van der Waals surface area contributed by atoms with Gasteiger partial charge in [-0.15, -0.1) is 0 Å². The van der Waals surface area contributed by atoms with Gasteiger partial charge < -0.3 is 10.2 Å². The van der Waals surface area contributed by atoms with Crippen molar-refractivity contribution in [2.24, 2.45) is 0 Å². The molecule has 0 aliphatic carbocycles. The number of unbranched alkanes of at least 4 members (excludes halogenated alkanes) is 1. The van der Waals surface area contributed by atoms with Crippen molar-refractivity contribution in [1.29, 1.82) is 0 Å². The van der Waals surface area contributed by atoms with E-state index in [9.17, 15) is 18.0 Å². The van der Waals surface area contributed by atoms with Crippen LogP contribution in [0.2, 0.25) is 0 Å². The van der Waals surface area contributed by atoms with Crippen LogP contribution in [-0.4, -0.2) is 30.9 Å². The minimum Gasteiger partial charge on any atom is -0.376 e. The molecule has 20 heavy (non-hydrogen) atoms. The lowest BCUT2D eigenvalue weighted by molar-refractivity contribution is -0.137. The van der Waals surface area contributed by atoms with Crippen LogP contribution >= 0.6 is 0 Å². The number of rotatable bonds is 6. The molecule has 0 heterocycles. The van der Waals surface area contributed by atoms with Crippen molar-refractivity contribution < 1.29 is 18.0 Å². The maximum Gasteiger partial charge on any atom is 0.416 e. The minimum absolute atomic E-state index is 0.0750. The number of carbonyl (C=O) groups is 1. The average Bonchev–Trinajstić information content (AvgIpc) is 2.41. The second-order valence-electron chi connectivity index (χ2n) is 4.60. The summed E-state index contributed by atoms with van der Waals surface area (Å²) in [7, 11) is 1.71. The SMILES string of the molecule is CCCCN(C)C(=O)CNc1ccc(C(F)(F)F)cc1. The molecule has 0 aromatic heterocycles. The molecule has 0 bridgehead atoms. The highest BCUT2D eigenvalue weighted by Crippen LogP contribution is 2.29. The lowest BCUT2D eigenvalue weighted by atomic mass is 10.2. The average molecular weight is 288 g/mol. The van der Waals surface area contributed by atoms with E-state index in [4.69, 9.17) is 0 Å². The molecule has 1 amide bonds. The topological polar surface area (TPSA) is 32.3 Å². The van der Waals surface area contributed by atoms with E-state index in [1.165, 1.54) is 12.1 Å². The number of amides is 1. The fraction of sp³-hybridized carbons (Fsp3) is 0.500. The van der Waals surface area contributed by atoms with Crippen molar-refractivity contribution >= 4 is 11.6 Å². The number of nitrogens with zero attached hydrogens (tertiary/aromatic N) is 1. The Bertz CT molecular complexity index is 429. The Kier molecular flexibility index (Phi) is 5.85. The van der Waals surface area contributed by atoms with E-state index < -0.39 is 11.7 Å². The first-order valence-corrected chi connectivity index (χ1v) is 6.49. The van der Waals surface area contributed by atoms with E-state index in [0.29, 0.717) is 12.2 Å². The van der Waals surface area contributed by atoms with Crippen LogP contribution in [0.1, 0.15) is 25.3 Å². The Morgan fingerprint density at radius 3 is 2.35 bits per heavy atom. The standard InChI is InChI=1S/C14H19F3N2O/c1-3-4-9-19(2)13(20)10-18-12-7-5-11(6-8-12)14(15,16)17/h5-8,18H,3-4,9-10H2,1-2H3. The fourth-order valence-corrected chi connectivity index (χ4v) is 1.61. The van der Waals surface area contributed by atoms with Crippen molar-refractivity contribution in [1.82, 2.24) is 4.90 Å². The third-order valence-electron chi connectivity index (χ3n) is 2.93. The van der Waals surface area contributed by atoms with Gasteiger partial charge in [0.2, 0.25) is 5.91 Å². The summed E-state index contributed by atoms with van der Waals surface area (Å²) in [6, 6.07) is 4.63. The molecule has 1 aromatic rings. The van der Waals surface area contributed by atoms with Gasteiger partial charge in [-0.25, -0.2) is 0 Å². The second-order valence-corrected chi connectivity index (χ2v) is 4.60. The predicted molar refractivity (Wildman–Crippen MR) is 72.5 cm³/mol. The van der Waals surface area contributed by atoms with Gasteiger partial charge in [-0.05, 0) is 30.7 Å². The maximum atomic E-state index is 12.4. The minimum atomic E-state index is -4.34. The van der Waals surface area contributed by atoms with Crippen LogP contribution in [0.15, 0.2) is 24.3 Å². The number of anilines is 1. The molecule has 1 rings (SSSR count). The monoisotopic (exact) mass is 288 g/mol. The number of carbonyl (C=O) groups excluding carboxylic acids is 1. The number of halogens is 3. The van der Waals surface area contributed by atoms with E-state index in [0.717, 1.165) is 25.0 Å². The van der Waals surface area contributed by atoms with Crippen LogP contribution in [0.3, 0.4) is 0 Å². The molecule has 3 nitrogen and oxygen atoms in total. The molecule has 0 aliphatic rings. The number of alkyl halides is 3. The maximum absolute atomic E-state index is 12.4. The van der Waals surface area contributed by atoms with E-state index >= 15 is 0 Å². The van der Waals surface area contributed by atoms with Gasteiger partial charge in [0.25, 0.3) is 0 Å². The predicted octanol–water partition coefficient (Wildman–Crippen LogP) is 3.38. The van der Waals surface area contributed by atoms with Crippen LogP contribution in [-0.2, 0) is 11.0 Å². The van der Waals surface area contributed by atoms with E-state index in [-0.39, 0.29) is 12.5 Å². The summed E-state index contributed by atoms with van der Waals surface area (Å²) in [6.45, 7) is 2.80. The zero-order chi connectivity index (χ0) is 15.2. The summed E-state index contributed by atoms with van der Waals surface area (Å²) in [5.41, 5.74) is -0.204. The second kappa shape index (κ2) is 7.17. The first kappa shape index (κ1) is 16.3. The number of hydrogen-bond acceptors (Lipinski definition) is 2. The first-order chi connectivity index (χ1) is 9.34. The Hall–Kier alpha value is -1.72. The Labute approximate surface area is 116 Å². The van der Waals surface area contributed by atoms with Crippen LogP contribution in [0, 0.1) is 0 Å². The van der Waals surface area contributed by atoms with Crippen LogP contribution in [0.5, 0.6) is 0 Å². The van der Waals surface area contributed by atoms with Crippen molar-refractivity contribution in [3.8, 4) is 0 Å². The molecule has 1 N–H and O–H groups in total. The van der Waals surface area contributed by atoms with Gasteiger partial charge in [-0.1, -0.05) is 13.3 Å². The summed E-state index contributed by atoms with van der Waals surface area (Å²) in [6.07, 6.45) is -2.40. The summed E-state index contributed by atoms with van der Waals surface area (Å²) in [5, 5.41) is 2.82. The van der Waals surface area contributed by atoms with Gasteiger partial charge in [0.1, 0.15) is 0 Å². The number of hydrogen-bond donors (Lipinski definition) is 1. The zero-order valence-corrected chi connectivity index (χ0v) is 11.6. The molecular formula is C14H19F3N2O.